The number of amides is 1. The van der Waals surface area contributed by atoms with Gasteiger partial charge in [-0.15, -0.1) is 0 Å². The summed E-state index contributed by atoms with van der Waals surface area (Å²) in [5, 5.41) is 8.89. The summed E-state index contributed by atoms with van der Waals surface area (Å²) in [5.41, 5.74) is 3.02. The summed E-state index contributed by atoms with van der Waals surface area (Å²) in [6.07, 6.45) is 4.98. The van der Waals surface area contributed by atoms with Gasteiger partial charge in [0.2, 0.25) is 0 Å². The molecule has 0 fully saturated rings. The van der Waals surface area contributed by atoms with Crippen LogP contribution in [-0.2, 0) is 6.54 Å². The Balaban J connectivity index is 1.83. The Morgan fingerprint density at radius 2 is 2.37 bits per heavy atom. The van der Waals surface area contributed by atoms with E-state index in [0.29, 0.717) is 12.1 Å². The van der Waals surface area contributed by atoms with Crippen molar-refractivity contribution in [2.24, 2.45) is 0 Å². The first-order chi connectivity index (χ1) is 9.25. The third-order valence-corrected chi connectivity index (χ3v) is 3.47. The lowest BCUT2D eigenvalue weighted by Crippen LogP contribution is -2.24. The van der Waals surface area contributed by atoms with Crippen LogP contribution in [0.25, 0.3) is 5.65 Å². The predicted molar refractivity (Wildman–Crippen MR) is 71.0 cm³/mol. The lowest BCUT2D eigenvalue weighted by atomic mass is 10.2. The van der Waals surface area contributed by atoms with Gasteiger partial charge in [-0.3, -0.25) is 4.79 Å². The fraction of sp³-hybridized carbons (Fsp3) is 0.167. The van der Waals surface area contributed by atoms with Gasteiger partial charge in [-0.1, -0.05) is 0 Å². The standard InChI is InChI=1S/C12H11N5OS/c1-8-10(6-13-11-2-3-15-17(8)11)12(18)14-4-9-5-16-19-7-9/h2-3,5-7H,4H2,1H3,(H,14,18). The number of rotatable bonds is 3. The maximum atomic E-state index is 12.1. The van der Waals surface area contributed by atoms with E-state index < -0.39 is 0 Å². The van der Waals surface area contributed by atoms with Crippen LogP contribution >= 0.6 is 11.5 Å². The van der Waals surface area contributed by atoms with Crippen molar-refractivity contribution >= 4 is 23.1 Å². The van der Waals surface area contributed by atoms with Crippen molar-refractivity contribution in [3.05, 3.63) is 46.9 Å². The van der Waals surface area contributed by atoms with Gasteiger partial charge in [0, 0.05) is 35.9 Å². The van der Waals surface area contributed by atoms with E-state index in [0.717, 1.165) is 16.9 Å². The molecule has 19 heavy (non-hydrogen) atoms. The van der Waals surface area contributed by atoms with Gasteiger partial charge in [0.1, 0.15) is 0 Å². The molecule has 0 aromatic carbocycles. The number of hydrogen-bond acceptors (Lipinski definition) is 5. The lowest BCUT2D eigenvalue weighted by molar-refractivity contribution is 0.0949. The molecule has 1 N–H and O–H groups in total. The molecule has 0 aliphatic carbocycles. The van der Waals surface area contributed by atoms with Crippen LogP contribution in [0.15, 0.2) is 30.0 Å². The van der Waals surface area contributed by atoms with Crippen LogP contribution < -0.4 is 5.32 Å². The average molecular weight is 273 g/mol. The maximum absolute atomic E-state index is 12.1. The lowest BCUT2D eigenvalue weighted by Gasteiger charge is -2.07. The van der Waals surface area contributed by atoms with Gasteiger partial charge in [-0.05, 0) is 18.5 Å². The molecule has 0 aliphatic rings. The molecule has 0 radical (unpaired) electrons. The summed E-state index contributed by atoms with van der Waals surface area (Å²) < 4.78 is 5.64. The Hall–Kier alpha value is -2.28. The van der Waals surface area contributed by atoms with E-state index in [9.17, 15) is 4.79 Å². The number of carbonyl (C=O) groups is 1. The summed E-state index contributed by atoms with van der Waals surface area (Å²) >= 11 is 1.37. The van der Waals surface area contributed by atoms with E-state index in [-0.39, 0.29) is 5.91 Å². The van der Waals surface area contributed by atoms with Crippen molar-refractivity contribution in [1.82, 2.24) is 24.3 Å². The first-order valence-corrected chi connectivity index (χ1v) is 6.55. The molecule has 3 heterocycles. The number of nitrogens with zero attached hydrogens (tertiary/aromatic N) is 4. The maximum Gasteiger partial charge on any atom is 0.254 e. The normalized spacial score (nSPS) is 10.8. The number of carbonyl (C=O) groups excluding carboxylic acids is 1. The number of aromatic nitrogens is 4. The fourth-order valence-electron chi connectivity index (χ4n) is 1.81. The van der Waals surface area contributed by atoms with Crippen molar-refractivity contribution in [3.63, 3.8) is 0 Å². The van der Waals surface area contributed by atoms with E-state index in [1.165, 1.54) is 11.5 Å². The topological polar surface area (TPSA) is 72.2 Å². The molecule has 0 atom stereocenters. The van der Waals surface area contributed by atoms with Gasteiger partial charge in [-0.2, -0.15) is 5.10 Å². The van der Waals surface area contributed by atoms with Crippen LogP contribution in [-0.4, -0.2) is 24.9 Å². The molecule has 0 aliphatic heterocycles. The second-order valence-electron chi connectivity index (χ2n) is 4.07. The molecule has 0 bridgehead atoms. The minimum Gasteiger partial charge on any atom is -0.348 e. The fourth-order valence-corrected chi connectivity index (χ4v) is 2.34. The highest BCUT2D eigenvalue weighted by Crippen LogP contribution is 2.09. The van der Waals surface area contributed by atoms with E-state index in [4.69, 9.17) is 0 Å². The molecule has 0 unspecified atom stereocenters. The molecule has 7 heteroatoms. The quantitative estimate of drug-likeness (QED) is 0.783. The summed E-state index contributed by atoms with van der Waals surface area (Å²) in [5.74, 6) is -0.159. The van der Waals surface area contributed by atoms with Crippen LogP contribution in [0, 0.1) is 6.92 Å². The van der Waals surface area contributed by atoms with Gasteiger partial charge >= 0.3 is 0 Å². The molecule has 96 valence electrons. The first kappa shape index (κ1) is 11.8. The van der Waals surface area contributed by atoms with Gasteiger partial charge < -0.3 is 5.32 Å². The molecular weight excluding hydrogens is 262 g/mol. The number of aryl methyl sites for hydroxylation is 1. The van der Waals surface area contributed by atoms with Gasteiger partial charge in [0.15, 0.2) is 5.65 Å². The predicted octanol–water partition coefficient (Wildman–Crippen LogP) is 1.42. The smallest absolute Gasteiger partial charge is 0.254 e. The Morgan fingerprint density at radius 1 is 1.47 bits per heavy atom. The van der Waals surface area contributed by atoms with E-state index in [1.54, 1.807) is 29.2 Å². The minimum absolute atomic E-state index is 0.159. The Morgan fingerprint density at radius 3 is 3.16 bits per heavy atom. The minimum atomic E-state index is -0.159. The molecular formula is C12H11N5OS. The van der Waals surface area contributed by atoms with Gasteiger partial charge in [0.25, 0.3) is 5.91 Å². The van der Waals surface area contributed by atoms with Crippen molar-refractivity contribution in [2.75, 3.05) is 0 Å². The van der Waals surface area contributed by atoms with Crippen LogP contribution in [0.4, 0.5) is 0 Å². The molecule has 3 aromatic rings. The zero-order chi connectivity index (χ0) is 13.2. The van der Waals surface area contributed by atoms with Crippen molar-refractivity contribution in [1.29, 1.82) is 0 Å². The molecule has 0 spiro atoms. The van der Waals surface area contributed by atoms with Crippen molar-refractivity contribution < 1.29 is 4.79 Å². The number of fused-ring (bicyclic) bond motifs is 1. The Kier molecular flexibility index (Phi) is 2.96. The Labute approximate surface area is 113 Å². The molecule has 0 saturated carbocycles. The average Bonchev–Trinajstić information content (AvgIpc) is 3.07. The highest BCUT2D eigenvalue weighted by molar-refractivity contribution is 7.03. The number of hydrogen-bond donors (Lipinski definition) is 1. The van der Waals surface area contributed by atoms with Crippen LogP contribution in [0.2, 0.25) is 0 Å². The second-order valence-corrected chi connectivity index (χ2v) is 4.73. The largest absolute Gasteiger partial charge is 0.348 e. The third-order valence-electron chi connectivity index (χ3n) is 2.84. The van der Waals surface area contributed by atoms with E-state index >= 15 is 0 Å². The molecule has 6 nitrogen and oxygen atoms in total. The molecule has 3 rings (SSSR count). The molecule has 0 saturated heterocycles. The van der Waals surface area contributed by atoms with E-state index in [1.807, 2.05) is 12.3 Å². The summed E-state index contributed by atoms with van der Waals surface area (Å²) in [6.45, 7) is 2.31. The van der Waals surface area contributed by atoms with Crippen molar-refractivity contribution in [2.45, 2.75) is 13.5 Å². The molecule has 1 amide bonds. The monoisotopic (exact) mass is 273 g/mol. The zero-order valence-corrected chi connectivity index (χ0v) is 11.0. The second kappa shape index (κ2) is 4.77. The Bertz CT molecular complexity index is 719. The van der Waals surface area contributed by atoms with Crippen LogP contribution in [0.3, 0.4) is 0 Å². The van der Waals surface area contributed by atoms with E-state index in [2.05, 4.69) is 19.8 Å². The van der Waals surface area contributed by atoms with Crippen molar-refractivity contribution in [3.8, 4) is 0 Å². The van der Waals surface area contributed by atoms with Gasteiger partial charge in [0.05, 0.1) is 17.5 Å². The summed E-state index contributed by atoms with van der Waals surface area (Å²) in [4.78, 5) is 16.3. The summed E-state index contributed by atoms with van der Waals surface area (Å²) in [6, 6.07) is 1.80. The summed E-state index contributed by atoms with van der Waals surface area (Å²) in [7, 11) is 0. The highest BCUT2D eigenvalue weighted by Gasteiger charge is 2.12. The van der Waals surface area contributed by atoms with Crippen LogP contribution in [0.1, 0.15) is 21.6 Å². The first-order valence-electron chi connectivity index (χ1n) is 5.71. The number of nitrogens with one attached hydrogen (secondary N) is 1. The van der Waals surface area contributed by atoms with Gasteiger partial charge in [-0.25, -0.2) is 13.9 Å². The SMILES string of the molecule is Cc1c(C(=O)NCc2cnsc2)cnc2ccnn12. The highest BCUT2D eigenvalue weighted by atomic mass is 32.1. The van der Waals surface area contributed by atoms with Crippen LogP contribution in [0.5, 0.6) is 0 Å². The molecule has 3 aromatic heterocycles. The zero-order valence-electron chi connectivity index (χ0n) is 10.2. The third kappa shape index (κ3) is 2.19.